The zero-order valence-electron chi connectivity index (χ0n) is 68.0. The Hall–Kier alpha value is -14.4. The molecule has 26 aromatic rings. The smallest absolute Gasteiger partial charge is 0.474 e. The van der Waals surface area contributed by atoms with E-state index in [0.717, 1.165) is 225 Å². The number of aromatic nitrogens is 9. The van der Waals surface area contributed by atoms with Crippen LogP contribution in [0.1, 0.15) is 0 Å². The van der Waals surface area contributed by atoms with Gasteiger partial charge in [-0.1, -0.05) is 125 Å². The summed E-state index contributed by atoms with van der Waals surface area (Å²) in [5.41, 5.74) is 24.4. The monoisotopic (exact) mass is 2270 g/mol. The van der Waals surface area contributed by atoms with Crippen molar-refractivity contribution in [1.29, 1.82) is 0 Å². The van der Waals surface area contributed by atoms with Crippen molar-refractivity contribution >= 4 is 130 Å². The molecule has 0 atom stereocenters. The number of furan rings is 5. The number of pyridine rings is 3. The van der Waals surface area contributed by atoms with E-state index < -0.39 is 0 Å². The minimum Gasteiger partial charge on any atom is -0.474 e. The topological polar surface area (TPSA) is 158 Å². The first-order valence-corrected chi connectivity index (χ1v) is 43.6. The summed E-state index contributed by atoms with van der Waals surface area (Å²) < 4.78 is 39.2. The van der Waals surface area contributed by atoms with Gasteiger partial charge in [0.25, 0.3) is 0 Å². The molecule has 0 radical (unpaired) electrons. The third kappa shape index (κ3) is 15.2. The maximum Gasteiger partial charge on any atom is 2.00 e. The SMILES string of the molecule is [Pt+2].[Pt+2].[Pt+2].[c-]1c(-c2cccc(-c3ccco3)n2)cccc1-n1c2[c-]c(-c3nc4ccccc4s3)ccc2c2ccccc21.[c-]1c(-c2ccccn2)ccc(-c2ccco2)c1-n1c2[c-]c(-c3nc4ccccc4s3)ccc2c2cc(-c3ccco3)ccc21.[c-]1c(-c2ccccn2)cccc1-n1c2[c-]c(-c3nc4ccccc4s3)c(-c3ccco3)cc2c2cc(-c3ccco3)ccc21. The second-order valence-electron chi connectivity index (χ2n) is 30.3. The molecule has 14 heterocycles. The number of nitrogens with zero attached hydrogens (tertiary/aromatic N) is 9. The van der Waals surface area contributed by atoms with Gasteiger partial charge in [-0.2, -0.15) is 34.0 Å². The van der Waals surface area contributed by atoms with Crippen LogP contribution in [0.2, 0.25) is 0 Å². The molecule has 14 aromatic heterocycles. The molecule has 14 nitrogen and oxygen atoms in total. The summed E-state index contributed by atoms with van der Waals surface area (Å²) in [6.45, 7) is 0. The summed E-state index contributed by atoms with van der Waals surface area (Å²) in [4.78, 5) is 28.9. The fraction of sp³-hybridized carbons (Fsp3) is 0. The van der Waals surface area contributed by atoms with Gasteiger partial charge >= 0.3 is 63.2 Å². The Morgan fingerprint density at radius 1 is 0.254 bits per heavy atom. The minimum atomic E-state index is 0. The molecule has 0 aliphatic heterocycles. The van der Waals surface area contributed by atoms with Gasteiger partial charge in [0.05, 0.1) is 65.1 Å². The molecular formula is C110H61N9O5Pt3S3. The molecule has 26 rings (SSSR count). The van der Waals surface area contributed by atoms with Gasteiger partial charge in [-0.3, -0.25) is 19.9 Å². The standard InChI is InChI=1S/2C38H21N3O2S.C34H19N3OS.3Pt/c1-2-14-37-32(11-1)40-38(44-37)30-23-34-28(22-29(30)36-13-7-19-43-36)27-21-25(35-12-6-18-42-35)15-16-33(27)41(34)26-9-5-8-24(20-26)31-10-3-4-17-39-31;1-2-11-37-31(8-1)40-38(44-37)26-13-15-27-29-21-25(35-9-5-19-42-35)14-17-32(29)41(33(27)23-26)34-22-24(30-7-3-4-18-39-30)12-16-28(34)36-10-6-20-43-36;1-3-14-30-25(10-1)26-18-17-23(34-36-29-11-2-4-16-33(29)39-34)21-31(26)37(30)24-9-5-8-22(20-24)27-12-6-13-28(35-27)32-15-7-19-38-32;;;/h1-19,21-22H;1-21H;1-19H;;;/q3*-2;3*+2. The molecule has 0 saturated heterocycles. The van der Waals surface area contributed by atoms with E-state index >= 15 is 0 Å². The van der Waals surface area contributed by atoms with E-state index in [1.807, 2.05) is 170 Å². The Labute approximate surface area is 798 Å². The molecule has 130 heavy (non-hydrogen) atoms. The van der Waals surface area contributed by atoms with Crippen LogP contribution < -0.4 is 0 Å². The van der Waals surface area contributed by atoms with Crippen LogP contribution in [0.4, 0.5) is 0 Å². The van der Waals surface area contributed by atoms with Gasteiger partial charge < -0.3 is 45.8 Å². The molecule has 0 bridgehead atoms. The van der Waals surface area contributed by atoms with Crippen molar-refractivity contribution in [1.82, 2.24) is 43.6 Å². The average molecular weight is 2270 g/mol. The van der Waals surface area contributed by atoms with Crippen molar-refractivity contribution in [2.75, 3.05) is 0 Å². The van der Waals surface area contributed by atoms with Crippen LogP contribution in [-0.2, 0) is 63.2 Å². The predicted octanol–water partition coefficient (Wildman–Crippen LogP) is 29.5. The van der Waals surface area contributed by atoms with Gasteiger partial charge in [0.15, 0.2) is 5.76 Å². The number of hydrogen-bond donors (Lipinski definition) is 0. The van der Waals surface area contributed by atoms with Crippen molar-refractivity contribution < 1.29 is 85.3 Å². The third-order valence-corrected chi connectivity index (χ3v) is 25.9. The second kappa shape index (κ2) is 35.3. The van der Waals surface area contributed by atoms with Crippen molar-refractivity contribution in [3.63, 3.8) is 0 Å². The van der Waals surface area contributed by atoms with E-state index in [4.69, 9.17) is 42.0 Å². The number of fused-ring (bicyclic) bond motifs is 12. The molecular weight excluding hydrogens is 2210 g/mol. The first-order chi connectivity index (χ1) is 62.9. The van der Waals surface area contributed by atoms with Gasteiger partial charge in [-0.15, -0.1) is 149 Å². The molecule has 12 aromatic carbocycles. The zero-order valence-corrected chi connectivity index (χ0v) is 77.2. The summed E-state index contributed by atoms with van der Waals surface area (Å²) >= 11 is 5.02. The van der Waals surface area contributed by atoms with E-state index in [2.05, 4.69) is 218 Å². The molecule has 0 N–H and O–H groups in total. The molecule has 0 spiro atoms. The normalized spacial score (nSPS) is 11.4. The summed E-state index contributed by atoms with van der Waals surface area (Å²) in [7, 11) is 0. The Kier molecular flexibility index (Phi) is 22.5. The Morgan fingerprint density at radius 3 is 1.24 bits per heavy atom. The van der Waals surface area contributed by atoms with Crippen molar-refractivity contribution in [3.05, 3.63) is 408 Å². The first kappa shape index (κ1) is 82.6. The molecule has 0 fully saturated rings. The van der Waals surface area contributed by atoms with Crippen LogP contribution in [0.15, 0.2) is 393 Å². The molecule has 20 heteroatoms. The number of hydrogen-bond acceptors (Lipinski definition) is 14. The van der Waals surface area contributed by atoms with E-state index in [1.165, 1.54) is 10.1 Å². The molecule has 0 unspecified atom stereocenters. The van der Waals surface area contributed by atoms with Crippen molar-refractivity contribution in [3.8, 4) is 139 Å². The van der Waals surface area contributed by atoms with Crippen LogP contribution in [0.5, 0.6) is 0 Å². The largest absolute Gasteiger partial charge is 2.00 e. The van der Waals surface area contributed by atoms with E-state index in [-0.39, 0.29) is 63.2 Å². The van der Waals surface area contributed by atoms with Crippen molar-refractivity contribution in [2.45, 2.75) is 0 Å². The molecule has 0 aliphatic carbocycles. The Balaban J connectivity index is 0.000000117. The second-order valence-corrected chi connectivity index (χ2v) is 33.4. The maximum atomic E-state index is 5.98. The first-order valence-electron chi connectivity index (χ1n) is 41.1. The van der Waals surface area contributed by atoms with Crippen LogP contribution >= 0.6 is 34.0 Å². The number of benzene rings is 12. The van der Waals surface area contributed by atoms with Gasteiger partial charge in [0, 0.05) is 69.2 Å². The summed E-state index contributed by atoms with van der Waals surface area (Å²) in [5.74, 6) is 3.91. The van der Waals surface area contributed by atoms with E-state index in [9.17, 15) is 0 Å². The number of rotatable bonds is 14. The van der Waals surface area contributed by atoms with Crippen LogP contribution in [0.3, 0.4) is 0 Å². The summed E-state index contributed by atoms with van der Waals surface area (Å²) in [5, 5.41) is 9.38. The molecule has 0 saturated carbocycles. The number of thiazole rings is 3. The van der Waals surface area contributed by atoms with E-state index in [1.54, 1.807) is 77.7 Å². The van der Waals surface area contributed by atoms with E-state index in [0.29, 0.717) is 0 Å². The average Bonchev–Trinajstić information content (AvgIpc) is 1.61. The fourth-order valence-electron chi connectivity index (χ4n) is 16.8. The molecule has 624 valence electrons. The van der Waals surface area contributed by atoms with Crippen LogP contribution in [0.25, 0.3) is 235 Å². The quantitative estimate of drug-likeness (QED) is 0.0954. The van der Waals surface area contributed by atoms with Gasteiger partial charge in [-0.05, 0) is 218 Å². The third-order valence-electron chi connectivity index (χ3n) is 22.7. The number of para-hydroxylation sites is 4. The summed E-state index contributed by atoms with van der Waals surface area (Å²) in [6.07, 6.45) is 12.1. The van der Waals surface area contributed by atoms with Crippen molar-refractivity contribution in [2.24, 2.45) is 0 Å². The van der Waals surface area contributed by atoms with Crippen LogP contribution in [0, 0.1) is 36.4 Å². The Bertz CT molecular complexity index is 8520. The van der Waals surface area contributed by atoms with Gasteiger partial charge in [0.1, 0.15) is 11.5 Å². The maximum absolute atomic E-state index is 5.98. The molecule has 0 amide bonds. The van der Waals surface area contributed by atoms with Gasteiger partial charge in [0.2, 0.25) is 0 Å². The zero-order chi connectivity index (χ0) is 83.8. The molecule has 0 aliphatic rings. The Morgan fingerprint density at radius 2 is 0.685 bits per heavy atom. The minimum absolute atomic E-state index is 0. The van der Waals surface area contributed by atoms with Crippen LogP contribution in [-0.4, -0.2) is 43.6 Å². The predicted molar refractivity (Wildman–Crippen MR) is 509 cm³/mol. The summed E-state index contributed by atoms with van der Waals surface area (Å²) in [6, 6.07) is 133. The van der Waals surface area contributed by atoms with Gasteiger partial charge in [-0.25, -0.2) is 0 Å². The fourth-order valence-corrected chi connectivity index (χ4v) is 19.7.